The summed E-state index contributed by atoms with van der Waals surface area (Å²) in [5.41, 5.74) is 6.84. The third kappa shape index (κ3) is 2.87. The summed E-state index contributed by atoms with van der Waals surface area (Å²) in [5, 5.41) is 3.81. The lowest BCUT2D eigenvalue weighted by Gasteiger charge is -2.12. The van der Waals surface area contributed by atoms with Crippen LogP contribution in [0.15, 0.2) is 28.8 Å². The number of nitrogens with zero attached hydrogens (tertiary/aromatic N) is 2. The van der Waals surface area contributed by atoms with Gasteiger partial charge in [0.2, 0.25) is 0 Å². The third-order valence-electron chi connectivity index (χ3n) is 2.59. The fraction of sp³-hybridized carbons (Fsp3) is 0.385. The highest BCUT2D eigenvalue weighted by Gasteiger charge is 2.09. The summed E-state index contributed by atoms with van der Waals surface area (Å²) in [6, 6.07) is 7.61. The molecule has 1 unspecified atom stereocenters. The zero-order valence-electron chi connectivity index (χ0n) is 10.6. The number of hydrogen-bond acceptors (Lipinski definition) is 5. The number of hydrogen-bond donors (Lipinski definition) is 1. The second-order valence-electron chi connectivity index (χ2n) is 4.07. The number of para-hydroxylation sites is 1. The van der Waals surface area contributed by atoms with Gasteiger partial charge >= 0.3 is 0 Å². The van der Waals surface area contributed by atoms with Gasteiger partial charge in [0.05, 0.1) is 0 Å². The maximum absolute atomic E-state index is 5.88. The minimum absolute atomic E-state index is 0.0740. The van der Waals surface area contributed by atoms with Gasteiger partial charge in [0, 0.05) is 18.0 Å². The lowest BCUT2D eigenvalue weighted by Crippen LogP contribution is -2.08. The molecule has 1 atom stereocenters. The minimum atomic E-state index is -0.0740. The number of rotatable bonds is 5. The van der Waals surface area contributed by atoms with Crippen molar-refractivity contribution in [3.05, 3.63) is 41.5 Å². The van der Waals surface area contributed by atoms with E-state index in [-0.39, 0.29) is 12.6 Å². The van der Waals surface area contributed by atoms with Crippen LogP contribution in [0.2, 0.25) is 0 Å². The molecule has 0 bridgehead atoms. The molecule has 2 rings (SSSR count). The van der Waals surface area contributed by atoms with Crippen LogP contribution >= 0.6 is 0 Å². The van der Waals surface area contributed by atoms with E-state index in [0.29, 0.717) is 11.7 Å². The van der Waals surface area contributed by atoms with Gasteiger partial charge in [-0.05, 0) is 13.0 Å². The van der Waals surface area contributed by atoms with Crippen molar-refractivity contribution in [2.24, 2.45) is 5.73 Å². The molecule has 96 valence electrons. The van der Waals surface area contributed by atoms with E-state index in [9.17, 15) is 0 Å². The van der Waals surface area contributed by atoms with Crippen LogP contribution in [0.5, 0.6) is 5.75 Å². The molecule has 0 amide bonds. The van der Waals surface area contributed by atoms with Gasteiger partial charge in [0.1, 0.15) is 5.75 Å². The summed E-state index contributed by atoms with van der Waals surface area (Å²) in [5.74, 6) is 1.92. The Morgan fingerprint density at radius 3 is 2.83 bits per heavy atom. The maximum Gasteiger partial charge on any atom is 0.264 e. The molecule has 0 spiro atoms. The minimum Gasteiger partial charge on any atom is -0.483 e. The lowest BCUT2D eigenvalue weighted by atomic mass is 10.1. The number of benzene rings is 1. The first-order chi connectivity index (χ1) is 8.70. The van der Waals surface area contributed by atoms with Crippen LogP contribution < -0.4 is 10.5 Å². The monoisotopic (exact) mass is 247 g/mol. The molecule has 0 aliphatic rings. The molecule has 5 heteroatoms. The van der Waals surface area contributed by atoms with E-state index < -0.39 is 0 Å². The number of aromatic nitrogens is 2. The zero-order valence-corrected chi connectivity index (χ0v) is 10.6. The van der Waals surface area contributed by atoms with Gasteiger partial charge in [-0.25, -0.2) is 0 Å². The van der Waals surface area contributed by atoms with E-state index in [1.54, 1.807) is 0 Å². The average molecular weight is 247 g/mol. The standard InChI is InChI=1S/C13H17N3O2/c1-3-12-15-13(18-16-12)8-17-11-7-5-4-6-10(11)9(2)14/h4-7,9H,3,8,14H2,1-2H3. The molecular formula is C13H17N3O2. The summed E-state index contributed by atoms with van der Waals surface area (Å²) >= 11 is 0. The smallest absolute Gasteiger partial charge is 0.264 e. The van der Waals surface area contributed by atoms with Crippen LogP contribution in [0.1, 0.15) is 37.2 Å². The van der Waals surface area contributed by atoms with Crippen molar-refractivity contribution in [2.45, 2.75) is 32.9 Å². The van der Waals surface area contributed by atoms with E-state index in [2.05, 4.69) is 10.1 Å². The van der Waals surface area contributed by atoms with Crippen LogP contribution in [-0.2, 0) is 13.0 Å². The van der Waals surface area contributed by atoms with Gasteiger partial charge in [-0.15, -0.1) is 0 Å². The Kier molecular flexibility index (Phi) is 3.94. The van der Waals surface area contributed by atoms with Crippen molar-refractivity contribution in [1.29, 1.82) is 0 Å². The Morgan fingerprint density at radius 1 is 1.39 bits per heavy atom. The van der Waals surface area contributed by atoms with E-state index in [0.717, 1.165) is 17.7 Å². The molecule has 0 fully saturated rings. The van der Waals surface area contributed by atoms with Crippen LogP contribution in [0.3, 0.4) is 0 Å². The summed E-state index contributed by atoms with van der Waals surface area (Å²) in [4.78, 5) is 4.18. The second kappa shape index (κ2) is 5.64. The van der Waals surface area contributed by atoms with Crippen LogP contribution in [0, 0.1) is 0 Å². The van der Waals surface area contributed by atoms with Crippen molar-refractivity contribution in [3.8, 4) is 5.75 Å². The van der Waals surface area contributed by atoms with Crippen LogP contribution in [0.4, 0.5) is 0 Å². The van der Waals surface area contributed by atoms with Crippen molar-refractivity contribution < 1.29 is 9.26 Å². The third-order valence-corrected chi connectivity index (χ3v) is 2.59. The number of ether oxygens (including phenoxy) is 1. The maximum atomic E-state index is 5.88. The van der Waals surface area contributed by atoms with E-state index >= 15 is 0 Å². The van der Waals surface area contributed by atoms with E-state index in [1.165, 1.54) is 0 Å². The predicted molar refractivity (Wildman–Crippen MR) is 67.1 cm³/mol. The van der Waals surface area contributed by atoms with Crippen molar-refractivity contribution in [3.63, 3.8) is 0 Å². The van der Waals surface area contributed by atoms with Gasteiger partial charge in [-0.3, -0.25) is 0 Å². The fourth-order valence-electron chi connectivity index (χ4n) is 1.62. The Balaban J connectivity index is 2.05. The highest BCUT2D eigenvalue weighted by molar-refractivity contribution is 5.35. The van der Waals surface area contributed by atoms with Gasteiger partial charge in [0.15, 0.2) is 12.4 Å². The predicted octanol–water partition coefficient (Wildman–Crippen LogP) is 2.23. The van der Waals surface area contributed by atoms with Gasteiger partial charge < -0.3 is 15.0 Å². The largest absolute Gasteiger partial charge is 0.483 e. The number of aryl methyl sites for hydroxylation is 1. The highest BCUT2D eigenvalue weighted by atomic mass is 16.5. The van der Waals surface area contributed by atoms with Crippen molar-refractivity contribution in [1.82, 2.24) is 10.1 Å². The topological polar surface area (TPSA) is 74.2 Å². The van der Waals surface area contributed by atoms with Crippen molar-refractivity contribution >= 4 is 0 Å². The molecule has 2 N–H and O–H groups in total. The summed E-state index contributed by atoms with van der Waals surface area (Å²) < 4.78 is 10.7. The summed E-state index contributed by atoms with van der Waals surface area (Å²) in [6.45, 7) is 4.15. The van der Waals surface area contributed by atoms with Gasteiger partial charge in [0.25, 0.3) is 5.89 Å². The first-order valence-electron chi connectivity index (χ1n) is 5.99. The summed E-state index contributed by atoms with van der Waals surface area (Å²) in [7, 11) is 0. The Hall–Kier alpha value is -1.88. The molecule has 2 aromatic rings. The van der Waals surface area contributed by atoms with E-state index in [4.69, 9.17) is 15.0 Å². The average Bonchev–Trinajstić information content (AvgIpc) is 2.84. The highest BCUT2D eigenvalue weighted by Crippen LogP contribution is 2.23. The lowest BCUT2D eigenvalue weighted by molar-refractivity contribution is 0.240. The van der Waals surface area contributed by atoms with Crippen LogP contribution in [-0.4, -0.2) is 10.1 Å². The molecule has 0 saturated carbocycles. The van der Waals surface area contributed by atoms with Gasteiger partial charge in [-0.2, -0.15) is 4.98 Å². The second-order valence-corrected chi connectivity index (χ2v) is 4.07. The zero-order chi connectivity index (χ0) is 13.0. The molecule has 0 aliphatic carbocycles. The molecule has 1 aromatic heterocycles. The van der Waals surface area contributed by atoms with Gasteiger partial charge in [-0.1, -0.05) is 30.3 Å². The molecule has 5 nitrogen and oxygen atoms in total. The first kappa shape index (κ1) is 12.6. The first-order valence-corrected chi connectivity index (χ1v) is 5.99. The number of nitrogens with two attached hydrogens (primary N) is 1. The SMILES string of the molecule is CCc1noc(COc2ccccc2C(C)N)n1. The Labute approximate surface area is 106 Å². The molecule has 0 aliphatic heterocycles. The molecule has 0 radical (unpaired) electrons. The quantitative estimate of drug-likeness (QED) is 0.877. The van der Waals surface area contributed by atoms with E-state index in [1.807, 2.05) is 38.1 Å². The van der Waals surface area contributed by atoms with Crippen LogP contribution in [0.25, 0.3) is 0 Å². The molecule has 18 heavy (non-hydrogen) atoms. The molecule has 0 saturated heterocycles. The molecule has 1 heterocycles. The molecular weight excluding hydrogens is 230 g/mol. The molecule has 1 aromatic carbocycles. The summed E-state index contributed by atoms with van der Waals surface area (Å²) in [6.07, 6.45) is 0.750. The Morgan fingerprint density at radius 2 is 2.17 bits per heavy atom. The fourth-order valence-corrected chi connectivity index (χ4v) is 1.62. The Bertz CT molecular complexity index is 508. The normalized spacial score (nSPS) is 12.4. The van der Waals surface area contributed by atoms with Crippen molar-refractivity contribution in [2.75, 3.05) is 0 Å².